The Morgan fingerprint density at radius 1 is 1.12 bits per heavy atom. The summed E-state index contributed by atoms with van der Waals surface area (Å²) >= 11 is 0. The van der Waals surface area contributed by atoms with E-state index in [-0.39, 0.29) is 6.42 Å². The van der Waals surface area contributed by atoms with Gasteiger partial charge in [-0.3, -0.25) is 30.3 Å². The predicted molar refractivity (Wildman–Crippen MR) is 47.1 cm³/mol. The standard InChI is InChI=1S/C6H9N3O8/c1-2-4(5(10)11)3-6(7(12)13,8(14)15)9(16)17/h4H,2-3H2,1H3,(H,10,11)/p-1. The largest absolute Gasteiger partial charge is 0.700 e. The highest BCUT2D eigenvalue weighted by molar-refractivity contribution is 5.67. The molecular formula is C6H8N3O8-. The third kappa shape index (κ3) is 2.62. The summed E-state index contributed by atoms with van der Waals surface area (Å²) in [5.41, 5.74) is 0. The molecule has 0 amide bonds. The highest BCUT2D eigenvalue weighted by Crippen LogP contribution is 2.24. The lowest BCUT2D eigenvalue weighted by Gasteiger charge is -2.16. The summed E-state index contributed by atoms with van der Waals surface area (Å²) in [6.45, 7) is 1.27. The van der Waals surface area contributed by atoms with Crippen molar-refractivity contribution in [3.63, 3.8) is 0 Å². The van der Waals surface area contributed by atoms with Gasteiger partial charge in [0.15, 0.2) is 21.2 Å². The quantitative estimate of drug-likeness (QED) is 0.302. The van der Waals surface area contributed by atoms with Crippen molar-refractivity contribution in [2.75, 3.05) is 0 Å². The lowest BCUT2D eigenvalue weighted by atomic mass is 9.98. The second-order valence-electron chi connectivity index (χ2n) is 3.17. The molecule has 96 valence electrons. The summed E-state index contributed by atoms with van der Waals surface area (Å²) in [7, 11) is 0. The van der Waals surface area contributed by atoms with Gasteiger partial charge in [0.05, 0.1) is 0 Å². The van der Waals surface area contributed by atoms with Gasteiger partial charge in [-0.05, 0) is 6.42 Å². The van der Waals surface area contributed by atoms with Crippen LogP contribution in [0.25, 0.3) is 0 Å². The van der Waals surface area contributed by atoms with E-state index in [1.165, 1.54) is 6.92 Å². The van der Waals surface area contributed by atoms with E-state index in [0.717, 1.165) is 0 Å². The molecule has 0 bridgehead atoms. The molecule has 0 spiro atoms. The van der Waals surface area contributed by atoms with E-state index in [9.17, 15) is 40.2 Å². The third-order valence-electron chi connectivity index (χ3n) is 2.22. The molecule has 0 aromatic rings. The Labute approximate surface area is 93.5 Å². The van der Waals surface area contributed by atoms with Crippen LogP contribution in [0.3, 0.4) is 0 Å². The van der Waals surface area contributed by atoms with Gasteiger partial charge in [-0.2, -0.15) is 0 Å². The zero-order valence-corrected chi connectivity index (χ0v) is 8.60. The number of nitrogens with zero attached hydrogens (tertiary/aromatic N) is 3. The van der Waals surface area contributed by atoms with Crippen molar-refractivity contribution in [1.29, 1.82) is 0 Å². The Kier molecular flexibility index (Phi) is 4.43. The summed E-state index contributed by atoms with van der Waals surface area (Å²) in [5, 5.41) is 42.0. The van der Waals surface area contributed by atoms with Gasteiger partial charge in [0.1, 0.15) is 0 Å². The first-order chi connectivity index (χ1) is 7.70. The summed E-state index contributed by atoms with van der Waals surface area (Å²) in [4.78, 5) is 36.8. The number of rotatable bonds is 7. The van der Waals surface area contributed by atoms with Crippen molar-refractivity contribution in [3.05, 3.63) is 30.3 Å². The van der Waals surface area contributed by atoms with E-state index in [1.54, 1.807) is 0 Å². The van der Waals surface area contributed by atoms with Crippen molar-refractivity contribution in [2.45, 2.75) is 25.6 Å². The fourth-order valence-electron chi connectivity index (χ4n) is 1.15. The van der Waals surface area contributed by atoms with E-state index >= 15 is 0 Å². The van der Waals surface area contributed by atoms with Gasteiger partial charge in [0.2, 0.25) is 0 Å². The number of carbonyl (C=O) groups excluding carboxylic acids is 1. The van der Waals surface area contributed by atoms with E-state index in [4.69, 9.17) is 0 Å². The zero-order chi connectivity index (χ0) is 13.8. The molecule has 0 aromatic heterocycles. The highest BCUT2D eigenvalue weighted by Gasteiger charge is 2.70. The van der Waals surface area contributed by atoms with Crippen LogP contribution in [0.2, 0.25) is 0 Å². The Hall–Kier alpha value is -2.33. The number of carboxylic acids is 1. The summed E-state index contributed by atoms with van der Waals surface area (Å²) in [6, 6.07) is 0. The lowest BCUT2D eigenvalue weighted by molar-refractivity contribution is -0.971. The first kappa shape index (κ1) is 14.7. The van der Waals surface area contributed by atoms with Gasteiger partial charge >= 0.3 is 5.79 Å². The smallest absolute Gasteiger partial charge is 0.550 e. The average Bonchev–Trinajstić information content (AvgIpc) is 2.16. The molecule has 0 rings (SSSR count). The molecule has 17 heavy (non-hydrogen) atoms. The topological polar surface area (TPSA) is 170 Å². The molecule has 0 saturated carbocycles. The van der Waals surface area contributed by atoms with Crippen LogP contribution in [0.15, 0.2) is 0 Å². The molecule has 0 fully saturated rings. The molecule has 1 unspecified atom stereocenters. The maximum Gasteiger partial charge on any atom is 0.700 e. The number of hydrogen-bond donors (Lipinski definition) is 0. The fourth-order valence-corrected chi connectivity index (χ4v) is 1.15. The van der Waals surface area contributed by atoms with Crippen molar-refractivity contribution < 1.29 is 24.7 Å². The van der Waals surface area contributed by atoms with Crippen LogP contribution in [-0.2, 0) is 4.79 Å². The molecule has 0 heterocycles. The Morgan fingerprint density at radius 2 is 1.47 bits per heavy atom. The summed E-state index contributed by atoms with van der Waals surface area (Å²) in [5.74, 6) is -7.19. The minimum absolute atomic E-state index is 0.250. The van der Waals surface area contributed by atoms with Crippen LogP contribution in [0.5, 0.6) is 0 Å². The number of nitro groups is 3. The molecule has 0 aromatic carbocycles. The molecule has 0 aliphatic heterocycles. The van der Waals surface area contributed by atoms with Crippen LogP contribution < -0.4 is 5.11 Å². The minimum Gasteiger partial charge on any atom is -0.550 e. The Morgan fingerprint density at radius 3 is 1.65 bits per heavy atom. The van der Waals surface area contributed by atoms with Gasteiger partial charge in [-0.1, -0.05) is 6.92 Å². The van der Waals surface area contributed by atoms with Crippen molar-refractivity contribution in [3.8, 4) is 0 Å². The first-order valence-electron chi connectivity index (χ1n) is 4.34. The lowest BCUT2D eigenvalue weighted by Crippen LogP contribution is -2.55. The monoisotopic (exact) mass is 250 g/mol. The summed E-state index contributed by atoms with van der Waals surface area (Å²) < 4.78 is 0. The number of aliphatic carboxylic acids is 1. The van der Waals surface area contributed by atoms with Crippen LogP contribution in [0, 0.1) is 36.3 Å². The molecule has 0 aliphatic carbocycles. The van der Waals surface area contributed by atoms with E-state index in [1.807, 2.05) is 0 Å². The van der Waals surface area contributed by atoms with Crippen LogP contribution in [-0.4, -0.2) is 26.5 Å². The van der Waals surface area contributed by atoms with E-state index in [0.29, 0.717) is 0 Å². The predicted octanol–water partition coefficient (Wildman–Crippen LogP) is -1.36. The minimum atomic E-state index is -3.75. The van der Waals surface area contributed by atoms with Crippen molar-refractivity contribution in [2.24, 2.45) is 5.92 Å². The molecule has 0 aliphatic rings. The van der Waals surface area contributed by atoms with Gasteiger partial charge in [-0.25, -0.2) is 0 Å². The highest BCUT2D eigenvalue weighted by atomic mass is 16.7. The van der Waals surface area contributed by atoms with Crippen molar-refractivity contribution in [1.82, 2.24) is 0 Å². The third-order valence-corrected chi connectivity index (χ3v) is 2.22. The number of hydrogen-bond acceptors (Lipinski definition) is 8. The van der Waals surface area contributed by atoms with Gasteiger partial charge in [-0.15, -0.1) is 0 Å². The fraction of sp³-hybridized carbons (Fsp3) is 0.833. The van der Waals surface area contributed by atoms with Crippen LogP contribution in [0.4, 0.5) is 0 Å². The van der Waals surface area contributed by atoms with Crippen molar-refractivity contribution >= 4 is 5.97 Å². The van der Waals surface area contributed by atoms with Crippen LogP contribution >= 0.6 is 0 Å². The molecule has 11 nitrogen and oxygen atoms in total. The second-order valence-corrected chi connectivity index (χ2v) is 3.17. The second kappa shape index (κ2) is 5.14. The van der Waals surface area contributed by atoms with Gasteiger partial charge < -0.3 is 9.90 Å². The van der Waals surface area contributed by atoms with Gasteiger partial charge in [0.25, 0.3) is 0 Å². The maximum atomic E-state index is 10.5. The van der Waals surface area contributed by atoms with Gasteiger partial charge in [0, 0.05) is 11.9 Å². The SMILES string of the molecule is CCC(CC([N+](=O)[O-])([N+](=O)[O-])[N+](=O)[O-])C(=O)[O-]. The molecule has 0 N–H and O–H groups in total. The molecule has 0 saturated heterocycles. The average molecular weight is 250 g/mol. The maximum absolute atomic E-state index is 10.5. The van der Waals surface area contributed by atoms with E-state index in [2.05, 4.69) is 0 Å². The first-order valence-corrected chi connectivity index (χ1v) is 4.34. The zero-order valence-electron chi connectivity index (χ0n) is 8.60. The number of carbonyl (C=O) groups is 1. The Bertz CT molecular complexity index is 330. The molecule has 11 heteroatoms. The summed E-state index contributed by atoms with van der Waals surface area (Å²) in [6.07, 6.45) is -1.61. The normalized spacial score (nSPS) is 12.8. The number of carboxylic acid groups (broad SMARTS) is 1. The molecule has 0 radical (unpaired) electrons. The Balaban J connectivity index is 5.47. The molecule has 1 atom stereocenters. The molecular weight excluding hydrogens is 242 g/mol. The van der Waals surface area contributed by atoms with E-state index < -0.39 is 38.9 Å². The van der Waals surface area contributed by atoms with Crippen LogP contribution in [0.1, 0.15) is 19.8 Å².